The summed E-state index contributed by atoms with van der Waals surface area (Å²) in [6.45, 7) is 3.75. The predicted molar refractivity (Wildman–Crippen MR) is 143 cm³/mol. The van der Waals surface area contributed by atoms with E-state index in [-0.39, 0.29) is 44.3 Å². The van der Waals surface area contributed by atoms with Crippen LogP contribution < -0.4 is 10.1 Å². The smallest absolute Gasteiger partial charge is 0.408 e. The molecule has 2 N–H and O–H groups in total. The van der Waals surface area contributed by atoms with E-state index < -0.39 is 18.1 Å². The van der Waals surface area contributed by atoms with E-state index in [2.05, 4.69) is 21.2 Å². The summed E-state index contributed by atoms with van der Waals surface area (Å²) >= 11 is 3.44. The summed E-state index contributed by atoms with van der Waals surface area (Å²) in [5.74, 6) is -0.815. The Morgan fingerprint density at radius 2 is 1.61 bits per heavy atom. The van der Waals surface area contributed by atoms with Crippen molar-refractivity contribution in [3.63, 3.8) is 0 Å². The molecule has 0 radical (unpaired) electrons. The number of amides is 3. The molecule has 0 unspecified atom stereocenters. The summed E-state index contributed by atoms with van der Waals surface area (Å²) in [6, 6.07) is 13.4. The highest BCUT2D eigenvalue weighted by atomic mass is 79.9. The van der Waals surface area contributed by atoms with Gasteiger partial charge in [-0.25, -0.2) is 9.59 Å². The molecule has 1 heterocycles. The van der Waals surface area contributed by atoms with E-state index in [4.69, 9.17) is 9.47 Å². The van der Waals surface area contributed by atoms with Crippen molar-refractivity contribution in [1.29, 1.82) is 0 Å². The van der Waals surface area contributed by atoms with Gasteiger partial charge in [0.15, 0.2) is 0 Å². The molecule has 0 spiro atoms. The number of nitrogens with one attached hydrogen (secondary N) is 1. The molecule has 1 fully saturated rings. The Balaban J connectivity index is 1.35. The van der Waals surface area contributed by atoms with Crippen molar-refractivity contribution in [2.24, 2.45) is 0 Å². The molecule has 2 aromatic carbocycles. The third-order valence-corrected chi connectivity index (χ3v) is 7.04. The molecule has 1 aliphatic rings. The number of hydrogen-bond donors (Lipinski definition) is 2. The van der Waals surface area contributed by atoms with E-state index in [0.29, 0.717) is 31.9 Å². The average molecular weight is 590 g/mol. The van der Waals surface area contributed by atoms with E-state index in [1.54, 1.807) is 34.1 Å². The van der Waals surface area contributed by atoms with Crippen molar-refractivity contribution >= 4 is 39.8 Å². The second kappa shape index (κ2) is 14.4. The van der Waals surface area contributed by atoms with E-state index in [1.807, 2.05) is 31.2 Å². The summed E-state index contributed by atoms with van der Waals surface area (Å²) in [5.41, 5.74) is 1.82. The Kier molecular flexibility index (Phi) is 11.0. The molecule has 204 valence electrons. The second-order valence-corrected chi connectivity index (χ2v) is 9.76. The Hall–Kier alpha value is -3.60. The van der Waals surface area contributed by atoms with Crippen LogP contribution in [-0.2, 0) is 25.7 Å². The van der Waals surface area contributed by atoms with Crippen LogP contribution in [-0.4, -0.2) is 77.6 Å². The number of nitrogens with zero attached hydrogens (tertiary/aromatic N) is 2. The molecule has 0 saturated carbocycles. The number of aryl methyl sites for hydroxylation is 1. The SMILES string of the molecule is Cc1cc(OCCC(=O)N2CCN(C(=O)CC[C@H](NC(=O)OCc3ccccc3)C(=O)O)CC2)ccc1Br. The number of carboxylic acids is 1. The highest BCUT2D eigenvalue weighted by Gasteiger charge is 2.26. The van der Waals surface area contributed by atoms with Crippen molar-refractivity contribution in [2.75, 3.05) is 32.8 Å². The fraction of sp³-hybridized carbons (Fsp3) is 0.407. The first-order chi connectivity index (χ1) is 18.2. The van der Waals surface area contributed by atoms with Gasteiger partial charge in [-0.2, -0.15) is 0 Å². The lowest BCUT2D eigenvalue weighted by atomic mass is 10.1. The van der Waals surface area contributed by atoms with Gasteiger partial charge in [-0.05, 0) is 42.7 Å². The quantitative estimate of drug-likeness (QED) is 0.411. The number of hydrogen-bond acceptors (Lipinski definition) is 6. The molecular formula is C27H32BrN3O7. The summed E-state index contributed by atoms with van der Waals surface area (Å²) in [7, 11) is 0. The molecule has 10 nitrogen and oxygen atoms in total. The molecule has 0 bridgehead atoms. The van der Waals surface area contributed by atoms with Gasteiger partial charge in [-0.15, -0.1) is 0 Å². The van der Waals surface area contributed by atoms with Gasteiger partial charge in [-0.1, -0.05) is 46.3 Å². The molecule has 1 saturated heterocycles. The minimum atomic E-state index is -1.25. The fourth-order valence-corrected chi connectivity index (χ4v) is 4.16. The van der Waals surface area contributed by atoms with Gasteiger partial charge in [0.25, 0.3) is 0 Å². The predicted octanol–water partition coefficient (Wildman–Crippen LogP) is 3.36. The highest BCUT2D eigenvalue weighted by Crippen LogP contribution is 2.21. The van der Waals surface area contributed by atoms with E-state index in [1.165, 1.54) is 0 Å². The van der Waals surface area contributed by atoms with Crippen molar-refractivity contribution in [1.82, 2.24) is 15.1 Å². The maximum atomic E-state index is 12.6. The Labute approximate surface area is 230 Å². The second-order valence-electron chi connectivity index (χ2n) is 8.91. The van der Waals surface area contributed by atoms with Gasteiger partial charge in [0, 0.05) is 37.1 Å². The third-order valence-electron chi connectivity index (χ3n) is 6.15. The standard InChI is InChI=1S/C27H32BrN3O7/c1-19-17-21(7-8-22(19)28)37-16-11-25(33)31-14-12-30(13-15-31)24(32)10-9-23(26(34)35)29-27(36)38-18-20-5-3-2-4-6-20/h2-8,17,23H,9-16,18H2,1H3,(H,29,36)(H,34,35)/t23-/m0/s1. The number of halogens is 1. The number of carboxylic acid groups (broad SMARTS) is 1. The Morgan fingerprint density at radius 3 is 2.21 bits per heavy atom. The zero-order chi connectivity index (χ0) is 27.5. The summed E-state index contributed by atoms with van der Waals surface area (Å²) in [5, 5.41) is 11.7. The maximum absolute atomic E-state index is 12.6. The lowest BCUT2D eigenvalue weighted by molar-refractivity contribution is -0.141. The molecule has 1 atom stereocenters. The summed E-state index contributed by atoms with van der Waals surface area (Å²) in [6.07, 6.45) is -0.750. The Bertz CT molecular complexity index is 1120. The zero-order valence-electron chi connectivity index (χ0n) is 21.2. The van der Waals surface area contributed by atoms with Crippen LogP contribution in [0.5, 0.6) is 5.75 Å². The normalized spacial score (nSPS) is 13.9. The number of rotatable bonds is 11. The van der Waals surface area contributed by atoms with Crippen LogP contribution >= 0.6 is 15.9 Å². The first-order valence-corrected chi connectivity index (χ1v) is 13.2. The van der Waals surface area contributed by atoms with Crippen LogP contribution in [0.4, 0.5) is 4.79 Å². The van der Waals surface area contributed by atoms with E-state index in [0.717, 1.165) is 15.6 Å². The molecule has 3 rings (SSSR count). The highest BCUT2D eigenvalue weighted by molar-refractivity contribution is 9.10. The van der Waals surface area contributed by atoms with Crippen LogP contribution in [0.25, 0.3) is 0 Å². The molecule has 11 heteroatoms. The van der Waals surface area contributed by atoms with Crippen molar-refractivity contribution < 1.29 is 33.8 Å². The zero-order valence-corrected chi connectivity index (χ0v) is 22.8. The minimum absolute atomic E-state index is 0.0109. The van der Waals surface area contributed by atoms with Crippen LogP contribution in [0.1, 0.15) is 30.4 Å². The maximum Gasteiger partial charge on any atom is 0.408 e. The van der Waals surface area contributed by atoms with Gasteiger partial charge in [0.2, 0.25) is 11.8 Å². The largest absolute Gasteiger partial charge is 0.493 e. The molecule has 0 aromatic heterocycles. The first-order valence-electron chi connectivity index (χ1n) is 12.4. The third kappa shape index (κ3) is 9.05. The number of benzene rings is 2. The van der Waals surface area contributed by atoms with E-state index in [9.17, 15) is 24.3 Å². The number of carbonyl (C=O) groups is 4. The van der Waals surface area contributed by atoms with E-state index >= 15 is 0 Å². The van der Waals surface area contributed by atoms with Crippen LogP contribution in [0, 0.1) is 6.92 Å². The van der Waals surface area contributed by atoms with Crippen LogP contribution in [0.3, 0.4) is 0 Å². The monoisotopic (exact) mass is 589 g/mol. The number of ether oxygens (including phenoxy) is 2. The van der Waals surface area contributed by atoms with Gasteiger partial charge in [0.1, 0.15) is 18.4 Å². The summed E-state index contributed by atoms with van der Waals surface area (Å²) in [4.78, 5) is 52.1. The molecule has 38 heavy (non-hydrogen) atoms. The number of aliphatic carboxylic acids is 1. The average Bonchev–Trinajstić information content (AvgIpc) is 2.92. The molecule has 2 aromatic rings. The van der Waals surface area contributed by atoms with Crippen molar-refractivity contribution in [3.05, 3.63) is 64.1 Å². The molecular weight excluding hydrogens is 558 g/mol. The number of alkyl carbamates (subject to hydrolysis) is 1. The minimum Gasteiger partial charge on any atom is -0.493 e. The topological polar surface area (TPSA) is 125 Å². The van der Waals surface area contributed by atoms with Crippen LogP contribution in [0.15, 0.2) is 53.0 Å². The fourth-order valence-electron chi connectivity index (χ4n) is 3.92. The lowest BCUT2D eigenvalue weighted by Crippen LogP contribution is -2.51. The van der Waals surface area contributed by atoms with Crippen LogP contribution in [0.2, 0.25) is 0 Å². The van der Waals surface area contributed by atoms with Crippen molar-refractivity contribution in [3.8, 4) is 5.75 Å². The molecule has 1 aliphatic heterocycles. The number of piperazine rings is 1. The van der Waals surface area contributed by atoms with Gasteiger partial charge in [-0.3, -0.25) is 9.59 Å². The van der Waals surface area contributed by atoms with Gasteiger partial charge in [0.05, 0.1) is 13.0 Å². The van der Waals surface area contributed by atoms with Crippen molar-refractivity contribution in [2.45, 2.75) is 38.8 Å². The summed E-state index contributed by atoms with van der Waals surface area (Å²) < 4.78 is 11.7. The Morgan fingerprint density at radius 1 is 0.974 bits per heavy atom. The first kappa shape index (κ1) is 29.0. The van der Waals surface area contributed by atoms with Gasteiger partial charge < -0.3 is 29.7 Å². The molecule has 3 amide bonds. The van der Waals surface area contributed by atoms with Gasteiger partial charge >= 0.3 is 12.1 Å². The number of carbonyl (C=O) groups excluding carboxylic acids is 3. The lowest BCUT2D eigenvalue weighted by Gasteiger charge is -2.35. The molecule has 0 aliphatic carbocycles.